The average Bonchev–Trinajstić information content (AvgIpc) is 2.25. The molecule has 6 nitrogen and oxygen atoms in total. The van der Waals surface area contributed by atoms with Gasteiger partial charge in [0.1, 0.15) is 5.75 Å². The normalized spacial score (nSPS) is 12.0. The number of methoxy groups -OCH3 is 1. The van der Waals surface area contributed by atoms with Gasteiger partial charge in [0.05, 0.1) is 18.4 Å². The van der Waals surface area contributed by atoms with Crippen LogP contribution in [0.2, 0.25) is 0 Å². The largest absolute Gasteiger partial charge is 0.497 e. The molecular weight excluding hydrogens is 303 g/mol. The molecule has 1 rings (SSSR count). The Morgan fingerprint density at radius 2 is 2.00 bits per heavy atom. The lowest BCUT2D eigenvalue weighted by molar-refractivity contribution is -0.137. The third kappa shape index (κ3) is 4.30. The van der Waals surface area contributed by atoms with Gasteiger partial charge >= 0.3 is 12.1 Å². The quantitative estimate of drug-likeness (QED) is 0.860. The van der Waals surface area contributed by atoms with Crippen LogP contribution in [-0.2, 0) is 21.0 Å². The molecule has 112 valence electrons. The third-order valence-corrected chi connectivity index (χ3v) is 3.27. The zero-order valence-electron chi connectivity index (χ0n) is 10.1. The Balaban J connectivity index is 3.22. The number of sulfonamides is 1. The molecule has 0 aliphatic heterocycles. The molecule has 0 spiro atoms. The topological polar surface area (TPSA) is 92.7 Å². The third-order valence-electron chi connectivity index (χ3n) is 2.11. The maximum atomic E-state index is 12.8. The van der Waals surface area contributed by atoms with Crippen LogP contribution in [0.25, 0.3) is 0 Å². The van der Waals surface area contributed by atoms with E-state index in [1.807, 2.05) is 0 Å². The second-order valence-electron chi connectivity index (χ2n) is 3.66. The second kappa shape index (κ2) is 5.57. The van der Waals surface area contributed by atoms with E-state index >= 15 is 0 Å². The van der Waals surface area contributed by atoms with Crippen molar-refractivity contribution in [3.8, 4) is 5.75 Å². The molecule has 0 amide bonds. The first-order valence-electron chi connectivity index (χ1n) is 5.02. The van der Waals surface area contributed by atoms with Gasteiger partial charge in [-0.3, -0.25) is 9.52 Å². The van der Waals surface area contributed by atoms with Gasteiger partial charge in [-0.1, -0.05) is 0 Å². The molecule has 0 aromatic heterocycles. The first-order valence-corrected chi connectivity index (χ1v) is 6.68. The Kier molecular flexibility index (Phi) is 4.48. The fourth-order valence-corrected chi connectivity index (χ4v) is 2.25. The summed E-state index contributed by atoms with van der Waals surface area (Å²) in [5.74, 6) is -3.13. The van der Waals surface area contributed by atoms with Gasteiger partial charge in [-0.05, 0) is 18.2 Å². The van der Waals surface area contributed by atoms with Crippen molar-refractivity contribution in [2.45, 2.75) is 6.18 Å². The number of carboxylic acid groups (broad SMARTS) is 1. The summed E-state index contributed by atoms with van der Waals surface area (Å²) in [5, 5.41) is 8.38. The lowest BCUT2D eigenvalue weighted by Gasteiger charge is -2.15. The number of alkyl halides is 3. The van der Waals surface area contributed by atoms with Crippen molar-refractivity contribution >= 4 is 21.7 Å². The molecule has 0 heterocycles. The first kappa shape index (κ1) is 16.1. The van der Waals surface area contributed by atoms with Crippen molar-refractivity contribution in [1.82, 2.24) is 0 Å². The molecule has 0 aliphatic carbocycles. The SMILES string of the molecule is COc1ccc(NS(=O)(=O)CC(=O)O)c(C(F)(F)F)c1. The Labute approximate surface area is 112 Å². The van der Waals surface area contributed by atoms with Crippen LogP contribution >= 0.6 is 0 Å². The predicted molar refractivity (Wildman–Crippen MR) is 63.0 cm³/mol. The number of carbonyl (C=O) groups is 1. The van der Waals surface area contributed by atoms with Crippen LogP contribution in [0.1, 0.15) is 5.56 Å². The van der Waals surface area contributed by atoms with E-state index in [-0.39, 0.29) is 5.75 Å². The molecule has 0 unspecified atom stereocenters. The highest BCUT2D eigenvalue weighted by Gasteiger charge is 2.35. The summed E-state index contributed by atoms with van der Waals surface area (Å²) in [7, 11) is -3.27. The molecule has 0 fully saturated rings. The Bertz CT molecular complexity index is 612. The molecule has 0 aliphatic rings. The lowest BCUT2D eigenvalue weighted by Crippen LogP contribution is -2.24. The number of carboxylic acids is 1. The fourth-order valence-electron chi connectivity index (χ4n) is 1.34. The van der Waals surface area contributed by atoms with E-state index in [1.165, 1.54) is 0 Å². The minimum absolute atomic E-state index is 0.112. The molecule has 0 bridgehead atoms. The number of halogens is 3. The number of hydrogen-bond donors (Lipinski definition) is 2. The van der Waals surface area contributed by atoms with E-state index < -0.39 is 39.2 Å². The number of aliphatic carboxylic acids is 1. The maximum absolute atomic E-state index is 12.8. The second-order valence-corrected chi connectivity index (χ2v) is 5.39. The van der Waals surface area contributed by atoms with Crippen molar-refractivity contribution in [2.24, 2.45) is 0 Å². The monoisotopic (exact) mass is 313 g/mol. The predicted octanol–water partition coefficient (Wildman–Crippen LogP) is 1.54. The molecule has 10 heteroatoms. The van der Waals surface area contributed by atoms with Crippen molar-refractivity contribution < 1.29 is 36.2 Å². The summed E-state index contributed by atoms with van der Waals surface area (Å²) < 4.78 is 67.3. The van der Waals surface area contributed by atoms with Crippen molar-refractivity contribution in [3.63, 3.8) is 0 Å². The van der Waals surface area contributed by atoms with Crippen LogP contribution in [0.4, 0.5) is 18.9 Å². The smallest absolute Gasteiger partial charge is 0.418 e. The summed E-state index contributed by atoms with van der Waals surface area (Å²) in [6.07, 6.45) is -4.82. The van der Waals surface area contributed by atoms with E-state index in [4.69, 9.17) is 5.11 Å². The number of nitrogens with one attached hydrogen (secondary N) is 1. The van der Waals surface area contributed by atoms with Crippen molar-refractivity contribution in [1.29, 1.82) is 0 Å². The van der Waals surface area contributed by atoms with E-state index in [1.54, 1.807) is 4.72 Å². The molecule has 20 heavy (non-hydrogen) atoms. The van der Waals surface area contributed by atoms with Crippen LogP contribution in [0, 0.1) is 0 Å². The van der Waals surface area contributed by atoms with Gasteiger partial charge in [-0.15, -0.1) is 0 Å². The lowest BCUT2D eigenvalue weighted by atomic mass is 10.1. The number of anilines is 1. The highest BCUT2D eigenvalue weighted by molar-refractivity contribution is 7.93. The van der Waals surface area contributed by atoms with Crippen molar-refractivity contribution in [2.75, 3.05) is 17.6 Å². The van der Waals surface area contributed by atoms with Crippen LogP contribution in [-0.4, -0.2) is 32.4 Å². The average molecular weight is 313 g/mol. The van der Waals surface area contributed by atoms with Gasteiger partial charge in [0, 0.05) is 0 Å². The molecule has 0 radical (unpaired) electrons. The summed E-state index contributed by atoms with van der Waals surface area (Å²) in [6.45, 7) is 0. The molecule has 1 aromatic rings. The van der Waals surface area contributed by atoms with Crippen LogP contribution in [0.15, 0.2) is 18.2 Å². The van der Waals surface area contributed by atoms with Crippen molar-refractivity contribution in [3.05, 3.63) is 23.8 Å². The highest BCUT2D eigenvalue weighted by Crippen LogP contribution is 2.37. The molecule has 0 saturated carbocycles. The number of ether oxygens (including phenoxy) is 1. The minimum Gasteiger partial charge on any atom is -0.497 e. The summed E-state index contributed by atoms with van der Waals surface area (Å²) in [5.41, 5.74) is -2.04. The first-order chi connectivity index (χ1) is 9.05. The zero-order valence-corrected chi connectivity index (χ0v) is 10.9. The Hall–Kier alpha value is -1.97. The van der Waals surface area contributed by atoms with Gasteiger partial charge < -0.3 is 9.84 Å². The molecule has 0 saturated heterocycles. The van der Waals surface area contributed by atoms with Gasteiger partial charge in [0.15, 0.2) is 5.75 Å². The zero-order chi connectivity index (χ0) is 15.6. The van der Waals surface area contributed by atoms with E-state index in [0.717, 1.165) is 19.2 Å². The summed E-state index contributed by atoms with van der Waals surface area (Å²) >= 11 is 0. The number of benzene rings is 1. The number of hydrogen-bond acceptors (Lipinski definition) is 4. The van der Waals surface area contributed by atoms with Gasteiger partial charge in [0.2, 0.25) is 10.0 Å². The molecule has 1 aromatic carbocycles. The van der Waals surface area contributed by atoms with Gasteiger partial charge in [-0.25, -0.2) is 8.42 Å². The standard InChI is InChI=1S/C10H10F3NO5S/c1-19-6-2-3-8(7(4-6)10(11,12)13)14-20(17,18)5-9(15)16/h2-4,14H,5H2,1H3,(H,15,16). The van der Waals surface area contributed by atoms with E-state index in [2.05, 4.69) is 4.74 Å². The van der Waals surface area contributed by atoms with Crippen LogP contribution in [0.3, 0.4) is 0 Å². The van der Waals surface area contributed by atoms with E-state index in [0.29, 0.717) is 6.07 Å². The number of rotatable bonds is 5. The Morgan fingerprint density at radius 1 is 1.40 bits per heavy atom. The van der Waals surface area contributed by atoms with Crippen LogP contribution in [0.5, 0.6) is 5.75 Å². The molecule has 0 atom stereocenters. The molecular formula is C10H10F3NO5S. The summed E-state index contributed by atoms with van der Waals surface area (Å²) in [4.78, 5) is 10.3. The Morgan fingerprint density at radius 3 is 2.45 bits per heavy atom. The summed E-state index contributed by atoms with van der Waals surface area (Å²) in [6, 6.07) is 2.58. The van der Waals surface area contributed by atoms with E-state index in [9.17, 15) is 26.4 Å². The molecule has 2 N–H and O–H groups in total. The minimum atomic E-state index is -4.82. The van der Waals surface area contributed by atoms with Gasteiger partial charge in [-0.2, -0.15) is 13.2 Å². The maximum Gasteiger partial charge on any atom is 0.418 e. The van der Waals surface area contributed by atoms with Gasteiger partial charge in [0.25, 0.3) is 0 Å². The van der Waals surface area contributed by atoms with Crippen LogP contribution < -0.4 is 9.46 Å². The highest BCUT2D eigenvalue weighted by atomic mass is 32.2. The fraction of sp³-hybridized carbons (Fsp3) is 0.300.